The van der Waals surface area contributed by atoms with E-state index in [-0.39, 0.29) is 6.10 Å². The molecule has 0 unspecified atom stereocenters. The van der Waals surface area contributed by atoms with E-state index in [1.165, 1.54) is 0 Å². The average molecular weight is 377 g/mol. The van der Waals surface area contributed by atoms with Gasteiger partial charge in [0, 0.05) is 29.1 Å². The summed E-state index contributed by atoms with van der Waals surface area (Å²) in [6.07, 6.45) is 6.33. The number of para-hydroxylation sites is 1. The molecule has 5 rings (SSSR count). The summed E-state index contributed by atoms with van der Waals surface area (Å²) in [6, 6.07) is 10.1. The van der Waals surface area contributed by atoms with Gasteiger partial charge in [-0.05, 0) is 36.4 Å². The van der Waals surface area contributed by atoms with Crippen molar-refractivity contribution in [3.8, 4) is 11.4 Å². The highest BCUT2D eigenvalue weighted by Gasteiger charge is 2.17. The lowest BCUT2D eigenvalue weighted by molar-refractivity contribution is 0.0940. The molecule has 0 bridgehead atoms. The van der Waals surface area contributed by atoms with Gasteiger partial charge in [0.05, 0.1) is 30.0 Å². The van der Waals surface area contributed by atoms with Gasteiger partial charge in [0.25, 0.3) is 0 Å². The van der Waals surface area contributed by atoms with E-state index in [1.807, 2.05) is 52.8 Å². The number of thiophene rings is 1. The van der Waals surface area contributed by atoms with Gasteiger partial charge in [-0.1, -0.05) is 12.1 Å². The van der Waals surface area contributed by atoms with Crippen LogP contribution in [0.25, 0.3) is 22.3 Å². The maximum atomic E-state index is 5.70. The lowest BCUT2D eigenvalue weighted by atomic mass is 10.2. The zero-order chi connectivity index (χ0) is 18.1. The predicted octanol–water partition coefficient (Wildman–Crippen LogP) is 4.48. The van der Waals surface area contributed by atoms with E-state index < -0.39 is 0 Å². The molecule has 0 amide bonds. The predicted molar refractivity (Wildman–Crippen MR) is 107 cm³/mol. The van der Waals surface area contributed by atoms with E-state index in [0.29, 0.717) is 0 Å². The number of aromatic nitrogens is 4. The summed E-state index contributed by atoms with van der Waals surface area (Å²) < 4.78 is 7.63. The normalized spacial score (nSPS) is 16.8. The molecule has 1 aromatic carbocycles. The van der Waals surface area contributed by atoms with Crippen LogP contribution in [-0.4, -0.2) is 32.5 Å². The summed E-state index contributed by atoms with van der Waals surface area (Å²) in [6.45, 7) is 1.64. The van der Waals surface area contributed by atoms with Gasteiger partial charge in [-0.25, -0.2) is 9.97 Å². The Bertz CT molecular complexity index is 1050. The molecular formula is C20H19N5OS. The molecule has 27 heavy (non-hydrogen) atoms. The summed E-state index contributed by atoms with van der Waals surface area (Å²) >= 11 is 1.64. The number of anilines is 2. The standard InChI is InChI=1S/C20H19N5OS/c1-2-6-18-17(5-1)20(24-19(23-18)14-7-9-27-13-14)22-15-10-21-25(11-15)12-16-4-3-8-26-16/h1-2,5-7,9-11,13,16H,3-4,8,12H2,(H,22,23,24)/t16-/m0/s1. The van der Waals surface area contributed by atoms with E-state index in [0.717, 1.165) is 59.8 Å². The molecule has 4 heterocycles. The minimum atomic E-state index is 0.267. The Balaban J connectivity index is 1.46. The number of hydrogen-bond acceptors (Lipinski definition) is 6. The number of fused-ring (bicyclic) bond motifs is 1. The summed E-state index contributed by atoms with van der Waals surface area (Å²) in [5, 5.41) is 13.0. The van der Waals surface area contributed by atoms with E-state index >= 15 is 0 Å². The Morgan fingerprint density at radius 1 is 1.22 bits per heavy atom. The van der Waals surface area contributed by atoms with Crippen LogP contribution in [0.5, 0.6) is 0 Å². The second-order valence-electron chi connectivity index (χ2n) is 6.64. The van der Waals surface area contributed by atoms with Crippen molar-refractivity contribution in [1.29, 1.82) is 0 Å². The van der Waals surface area contributed by atoms with Crippen molar-refractivity contribution in [2.75, 3.05) is 11.9 Å². The third-order valence-electron chi connectivity index (χ3n) is 4.69. The van der Waals surface area contributed by atoms with Crippen LogP contribution in [-0.2, 0) is 11.3 Å². The Labute approximate surface area is 160 Å². The van der Waals surface area contributed by atoms with Crippen LogP contribution < -0.4 is 5.32 Å². The van der Waals surface area contributed by atoms with Crippen molar-refractivity contribution >= 4 is 33.7 Å². The maximum absolute atomic E-state index is 5.70. The number of benzene rings is 1. The van der Waals surface area contributed by atoms with E-state index in [2.05, 4.69) is 15.8 Å². The molecular weight excluding hydrogens is 358 g/mol. The Hall–Kier alpha value is -2.77. The van der Waals surface area contributed by atoms with Crippen LogP contribution in [0.4, 0.5) is 11.5 Å². The molecule has 1 aliphatic rings. The minimum absolute atomic E-state index is 0.267. The molecule has 1 saturated heterocycles. The summed E-state index contributed by atoms with van der Waals surface area (Å²) in [7, 11) is 0. The first kappa shape index (κ1) is 16.4. The summed E-state index contributed by atoms with van der Waals surface area (Å²) in [5.74, 6) is 1.52. The first-order valence-electron chi connectivity index (χ1n) is 9.05. The molecule has 1 fully saturated rings. The zero-order valence-corrected chi connectivity index (χ0v) is 15.5. The smallest absolute Gasteiger partial charge is 0.163 e. The van der Waals surface area contributed by atoms with E-state index in [1.54, 1.807) is 11.3 Å². The molecule has 0 spiro atoms. The van der Waals surface area contributed by atoms with Gasteiger partial charge in [-0.2, -0.15) is 16.4 Å². The van der Waals surface area contributed by atoms with Crippen LogP contribution in [0, 0.1) is 0 Å². The van der Waals surface area contributed by atoms with E-state index in [4.69, 9.17) is 14.7 Å². The van der Waals surface area contributed by atoms with Crippen molar-refractivity contribution < 1.29 is 4.74 Å². The van der Waals surface area contributed by atoms with Gasteiger partial charge in [-0.15, -0.1) is 0 Å². The zero-order valence-electron chi connectivity index (χ0n) is 14.7. The second-order valence-corrected chi connectivity index (χ2v) is 7.42. The highest BCUT2D eigenvalue weighted by atomic mass is 32.1. The fraction of sp³-hybridized carbons (Fsp3) is 0.250. The van der Waals surface area contributed by atoms with Crippen LogP contribution in [0.1, 0.15) is 12.8 Å². The molecule has 0 saturated carbocycles. The molecule has 3 aromatic heterocycles. The minimum Gasteiger partial charge on any atom is -0.376 e. The van der Waals surface area contributed by atoms with Gasteiger partial charge in [0.2, 0.25) is 0 Å². The Morgan fingerprint density at radius 2 is 2.19 bits per heavy atom. The molecule has 4 aromatic rings. The third kappa shape index (κ3) is 3.43. The Kier molecular flexibility index (Phi) is 4.31. The maximum Gasteiger partial charge on any atom is 0.163 e. The Morgan fingerprint density at radius 3 is 3.04 bits per heavy atom. The van der Waals surface area contributed by atoms with Gasteiger partial charge in [-0.3, -0.25) is 4.68 Å². The topological polar surface area (TPSA) is 64.9 Å². The van der Waals surface area contributed by atoms with Crippen LogP contribution in [0.3, 0.4) is 0 Å². The fourth-order valence-electron chi connectivity index (χ4n) is 3.35. The largest absolute Gasteiger partial charge is 0.376 e. The fourth-order valence-corrected chi connectivity index (χ4v) is 3.99. The average Bonchev–Trinajstić information content (AvgIpc) is 3.45. The molecule has 6 nitrogen and oxygen atoms in total. The summed E-state index contributed by atoms with van der Waals surface area (Å²) in [4.78, 5) is 9.49. The quantitative estimate of drug-likeness (QED) is 0.556. The third-order valence-corrected chi connectivity index (χ3v) is 5.38. The van der Waals surface area contributed by atoms with Crippen LogP contribution in [0.15, 0.2) is 53.5 Å². The lowest BCUT2D eigenvalue weighted by Gasteiger charge is -2.10. The van der Waals surface area contributed by atoms with Gasteiger partial charge in [0.1, 0.15) is 5.82 Å². The second kappa shape index (κ2) is 7.09. The molecule has 1 N–H and O–H groups in total. The van der Waals surface area contributed by atoms with Gasteiger partial charge in [0.15, 0.2) is 5.82 Å². The van der Waals surface area contributed by atoms with E-state index in [9.17, 15) is 0 Å². The van der Waals surface area contributed by atoms with Crippen LogP contribution in [0.2, 0.25) is 0 Å². The van der Waals surface area contributed by atoms with Crippen molar-refractivity contribution in [3.05, 3.63) is 53.5 Å². The first-order chi connectivity index (χ1) is 13.3. The SMILES string of the molecule is c1ccc2c(Nc3cnn(C[C@@H]4CCCO4)c3)nc(-c3ccsc3)nc2c1. The lowest BCUT2D eigenvalue weighted by Crippen LogP contribution is -2.15. The monoisotopic (exact) mass is 377 g/mol. The van der Waals surface area contributed by atoms with Gasteiger partial charge >= 0.3 is 0 Å². The first-order valence-corrected chi connectivity index (χ1v) is 10.00. The number of rotatable bonds is 5. The molecule has 1 aliphatic heterocycles. The van der Waals surface area contributed by atoms with Crippen LogP contribution >= 0.6 is 11.3 Å². The molecule has 0 aliphatic carbocycles. The van der Waals surface area contributed by atoms with Gasteiger partial charge < -0.3 is 10.1 Å². The highest BCUT2D eigenvalue weighted by molar-refractivity contribution is 7.08. The number of nitrogens with zero attached hydrogens (tertiary/aromatic N) is 4. The van der Waals surface area contributed by atoms with Crippen molar-refractivity contribution in [3.63, 3.8) is 0 Å². The molecule has 136 valence electrons. The molecule has 0 radical (unpaired) electrons. The molecule has 1 atom stereocenters. The number of hydrogen-bond donors (Lipinski definition) is 1. The van der Waals surface area contributed by atoms with Crippen molar-refractivity contribution in [2.24, 2.45) is 0 Å². The number of nitrogens with one attached hydrogen (secondary N) is 1. The molecule has 7 heteroatoms. The summed E-state index contributed by atoms with van der Waals surface area (Å²) in [5.41, 5.74) is 2.86. The van der Waals surface area contributed by atoms with Crippen molar-refractivity contribution in [1.82, 2.24) is 19.7 Å². The van der Waals surface area contributed by atoms with Crippen molar-refractivity contribution in [2.45, 2.75) is 25.5 Å². The highest BCUT2D eigenvalue weighted by Crippen LogP contribution is 2.28. The number of ether oxygens (including phenoxy) is 1.